The van der Waals surface area contributed by atoms with E-state index in [9.17, 15) is 9.90 Å². The third kappa shape index (κ3) is 2.05. The summed E-state index contributed by atoms with van der Waals surface area (Å²) in [5, 5.41) is 9.29. The number of fused-ring (bicyclic) bond motifs is 1. The minimum absolute atomic E-state index is 0.533. The first kappa shape index (κ1) is 11.7. The molecular weight excluding hydrogens is 214 g/mol. The standard InChI is InChI=1S/C14H17NO2/c1-3-6-13-11(14(16)17)9-10-7-4-5-8-12(10)15(13)2/h4-5,7-8H,3,6,9H2,1-2H3,(H,16,17). The lowest BCUT2D eigenvalue weighted by molar-refractivity contribution is -0.132. The van der Waals surface area contributed by atoms with Crippen molar-refractivity contribution in [3.63, 3.8) is 0 Å². The van der Waals surface area contributed by atoms with Gasteiger partial charge in [0.1, 0.15) is 0 Å². The number of para-hydroxylation sites is 1. The van der Waals surface area contributed by atoms with Gasteiger partial charge in [-0.3, -0.25) is 0 Å². The van der Waals surface area contributed by atoms with Crippen molar-refractivity contribution in [2.24, 2.45) is 0 Å². The van der Waals surface area contributed by atoms with Crippen molar-refractivity contribution in [1.82, 2.24) is 0 Å². The van der Waals surface area contributed by atoms with Gasteiger partial charge in [-0.1, -0.05) is 31.5 Å². The van der Waals surface area contributed by atoms with E-state index in [1.807, 2.05) is 36.2 Å². The van der Waals surface area contributed by atoms with Crippen LogP contribution in [0.25, 0.3) is 0 Å². The van der Waals surface area contributed by atoms with Crippen molar-refractivity contribution in [3.8, 4) is 0 Å². The first-order chi connectivity index (χ1) is 8.15. The van der Waals surface area contributed by atoms with Crippen LogP contribution in [0.3, 0.4) is 0 Å². The summed E-state index contributed by atoms with van der Waals surface area (Å²) in [6.45, 7) is 2.07. The summed E-state index contributed by atoms with van der Waals surface area (Å²) in [4.78, 5) is 13.3. The van der Waals surface area contributed by atoms with Crippen molar-refractivity contribution >= 4 is 11.7 Å². The van der Waals surface area contributed by atoms with Gasteiger partial charge in [0.2, 0.25) is 0 Å². The number of anilines is 1. The van der Waals surface area contributed by atoms with Gasteiger partial charge in [0.05, 0.1) is 5.57 Å². The Morgan fingerprint density at radius 1 is 1.41 bits per heavy atom. The molecule has 0 bridgehead atoms. The fourth-order valence-electron chi connectivity index (χ4n) is 2.38. The van der Waals surface area contributed by atoms with Gasteiger partial charge >= 0.3 is 5.97 Å². The molecule has 2 rings (SSSR count). The molecule has 0 saturated heterocycles. The van der Waals surface area contributed by atoms with Gasteiger partial charge in [-0.15, -0.1) is 0 Å². The second-order valence-corrected chi connectivity index (χ2v) is 4.34. The number of aliphatic carboxylic acids is 1. The average molecular weight is 231 g/mol. The van der Waals surface area contributed by atoms with Crippen molar-refractivity contribution in [3.05, 3.63) is 41.1 Å². The van der Waals surface area contributed by atoms with E-state index in [0.717, 1.165) is 29.8 Å². The van der Waals surface area contributed by atoms with Gasteiger partial charge in [-0.2, -0.15) is 0 Å². The van der Waals surface area contributed by atoms with Gasteiger partial charge in [-0.25, -0.2) is 4.79 Å². The zero-order chi connectivity index (χ0) is 12.4. The maximum Gasteiger partial charge on any atom is 0.333 e. The molecule has 1 aromatic carbocycles. The van der Waals surface area contributed by atoms with Gasteiger partial charge < -0.3 is 10.0 Å². The van der Waals surface area contributed by atoms with Crippen LogP contribution >= 0.6 is 0 Å². The van der Waals surface area contributed by atoms with Gasteiger partial charge in [0.15, 0.2) is 0 Å². The maximum absolute atomic E-state index is 11.3. The molecule has 0 aliphatic carbocycles. The molecule has 1 aliphatic heterocycles. The zero-order valence-electron chi connectivity index (χ0n) is 10.2. The van der Waals surface area contributed by atoms with Gasteiger partial charge in [0, 0.05) is 24.9 Å². The summed E-state index contributed by atoms with van der Waals surface area (Å²) in [5.74, 6) is -0.796. The Balaban J connectivity index is 2.48. The van der Waals surface area contributed by atoms with Gasteiger partial charge in [0.25, 0.3) is 0 Å². The molecule has 0 aromatic heterocycles. The van der Waals surface area contributed by atoms with Crippen LogP contribution < -0.4 is 4.90 Å². The van der Waals surface area contributed by atoms with Gasteiger partial charge in [-0.05, 0) is 18.1 Å². The molecule has 0 fully saturated rings. The Labute approximate surface area is 101 Å². The number of carbonyl (C=O) groups is 1. The van der Waals surface area contributed by atoms with Crippen molar-refractivity contribution < 1.29 is 9.90 Å². The fourth-order valence-corrected chi connectivity index (χ4v) is 2.38. The molecular formula is C14H17NO2. The second kappa shape index (κ2) is 4.62. The Bertz CT molecular complexity index is 477. The van der Waals surface area contributed by atoms with E-state index in [-0.39, 0.29) is 0 Å². The number of allylic oxidation sites excluding steroid dienone is 1. The smallest absolute Gasteiger partial charge is 0.333 e. The Morgan fingerprint density at radius 3 is 2.76 bits per heavy atom. The highest BCUT2D eigenvalue weighted by atomic mass is 16.4. The molecule has 0 saturated carbocycles. The average Bonchev–Trinajstić information content (AvgIpc) is 2.32. The molecule has 1 heterocycles. The number of hydrogen-bond acceptors (Lipinski definition) is 2. The summed E-state index contributed by atoms with van der Waals surface area (Å²) in [5.41, 5.74) is 3.69. The maximum atomic E-state index is 11.3. The minimum atomic E-state index is -0.796. The fraction of sp³-hybridized carbons (Fsp3) is 0.357. The van der Waals surface area contributed by atoms with Crippen LogP contribution in [0.2, 0.25) is 0 Å². The molecule has 0 amide bonds. The number of benzene rings is 1. The van der Waals surface area contributed by atoms with Crippen LogP contribution in [0.15, 0.2) is 35.5 Å². The van der Waals surface area contributed by atoms with E-state index in [1.54, 1.807) is 0 Å². The molecule has 1 aliphatic rings. The van der Waals surface area contributed by atoms with E-state index in [1.165, 1.54) is 0 Å². The SMILES string of the molecule is CCCC1=C(C(=O)O)Cc2ccccc2N1C. The van der Waals surface area contributed by atoms with Crippen LogP contribution in [0.4, 0.5) is 5.69 Å². The van der Waals surface area contributed by atoms with E-state index in [0.29, 0.717) is 12.0 Å². The number of nitrogens with zero attached hydrogens (tertiary/aromatic N) is 1. The van der Waals surface area contributed by atoms with Crippen LogP contribution in [-0.2, 0) is 11.2 Å². The number of carboxylic acids is 1. The third-order valence-corrected chi connectivity index (χ3v) is 3.22. The van der Waals surface area contributed by atoms with Crippen LogP contribution in [0.5, 0.6) is 0 Å². The lowest BCUT2D eigenvalue weighted by Crippen LogP contribution is -2.27. The predicted octanol–water partition coefficient (Wildman–Crippen LogP) is 2.82. The molecule has 0 unspecified atom stereocenters. The van der Waals surface area contributed by atoms with Crippen molar-refractivity contribution in [2.45, 2.75) is 26.2 Å². The largest absolute Gasteiger partial charge is 0.478 e. The number of rotatable bonds is 3. The van der Waals surface area contributed by atoms with E-state index in [2.05, 4.69) is 6.92 Å². The lowest BCUT2D eigenvalue weighted by Gasteiger charge is -2.31. The first-order valence-corrected chi connectivity index (χ1v) is 5.92. The number of carboxylic acid groups (broad SMARTS) is 1. The molecule has 17 heavy (non-hydrogen) atoms. The molecule has 0 spiro atoms. The molecule has 3 nitrogen and oxygen atoms in total. The summed E-state index contributed by atoms with van der Waals surface area (Å²) in [6, 6.07) is 7.99. The molecule has 0 atom stereocenters. The summed E-state index contributed by atoms with van der Waals surface area (Å²) in [7, 11) is 1.95. The molecule has 1 aromatic rings. The minimum Gasteiger partial charge on any atom is -0.478 e. The Kier molecular flexibility index (Phi) is 3.18. The monoisotopic (exact) mass is 231 g/mol. The Hall–Kier alpha value is -1.77. The third-order valence-electron chi connectivity index (χ3n) is 3.22. The topological polar surface area (TPSA) is 40.5 Å². The highest BCUT2D eigenvalue weighted by Gasteiger charge is 2.25. The van der Waals surface area contributed by atoms with Crippen LogP contribution in [0, 0.1) is 0 Å². The van der Waals surface area contributed by atoms with E-state index >= 15 is 0 Å². The highest BCUT2D eigenvalue weighted by molar-refractivity contribution is 5.90. The second-order valence-electron chi connectivity index (χ2n) is 4.34. The normalized spacial score (nSPS) is 14.8. The molecule has 1 N–H and O–H groups in total. The molecule has 3 heteroatoms. The van der Waals surface area contributed by atoms with Crippen molar-refractivity contribution in [1.29, 1.82) is 0 Å². The first-order valence-electron chi connectivity index (χ1n) is 5.92. The zero-order valence-corrected chi connectivity index (χ0v) is 10.2. The van der Waals surface area contributed by atoms with Crippen LogP contribution in [-0.4, -0.2) is 18.1 Å². The van der Waals surface area contributed by atoms with Crippen molar-refractivity contribution in [2.75, 3.05) is 11.9 Å². The van der Waals surface area contributed by atoms with E-state index in [4.69, 9.17) is 0 Å². The highest BCUT2D eigenvalue weighted by Crippen LogP contribution is 2.33. The quantitative estimate of drug-likeness (QED) is 0.869. The van der Waals surface area contributed by atoms with E-state index < -0.39 is 5.97 Å². The number of hydrogen-bond donors (Lipinski definition) is 1. The predicted molar refractivity (Wildman–Crippen MR) is 68.1 cm³/mol. The summed E-state index contributed by atoms with van der Waals surface area (Å²) < 4.78 is 0. The molecule has 0 radical (unpaired) electrons. The Morgan fingerprint density at radius 2 is 2.12 bits per heavy atom. The summed E-state index contributed by atoms with van der Waals surface area (Å²) in [6.07, 6.45) is 2.30. The molecule has 90 valence electrons. The lowest BCUT2D eigenvalue weighted by atomic mass is 9.94. The summed E-state index contributed by atoms with van der Waals surface area (Å²) >= 11 is 0. The van der Waals surface area contributed by atoms with Crippen LogP contribution in [0.1, 0.15) is 25.3 Å².